The molecule has 2 aromatic rings. The summed E-state index contributed by atoms with van der Waals surface area (Å²) in [5, 5.41) is 2.98. The van der Waals surface area contributed by atoms with Crippen LogP contribution in [0, 0.1) is 0 Å². The Kier molecular flexibility index (Phi) is 5.82. The number of nitrogens with zero attached hydrogens (tertiary/aromatic N) is 2. The monoisotopic (exact) mass is 345 g/mol. The highest BCUT2D eigenvalue weighted by Crippen LogP contribution is 2.24. The molecule has 5 nitrogen and oxygen atoms in total. The van der Waals surface area contributed by atoms with Gasteiger partial charge >= 0.3 is 6.03 Å². The highest BCUT2D eigenvalue weighted by Gasteiger charge is 2.19. The molecule has 128 valence electrons. The highest BCUT2D eigenvalue weighted by molar-refractivity contribution is 7.98. The molecule has 1 saturated heterocycles. The van der Waals surface area contributed by atoms with Crippen LogP contribution in [0.5, 0.6) is 0 Å². The Bertz CT molecular complexity index is 635. The van der Waals surface area contributed by atoms with E-state index >= 15 is 0 Å². The van der Waals surface area contributed by atoms with Crippen LogP contribution in [0.25, 0.3) is 0 Å². The van der Waals surface area contributed by atoms with Crippen molar-refractivity contribution in [3.8, 4) is 0 Å². The van der Waals surface area contributed by atoms with E-state index in [1.807, 2.05) is 41.3 Å². The second-order valence-corrected chi connectivity index (χ2v) is 6.79. The first-order valence-corrected chi connectivity index (χ1v) is 9.26. The third kappa shape index (κ3) is 4.55. The lowest BCUT2D eigenvalue weighted by Crippen LogP contribution is -2.49. The topological polar surface area (TPSA) is 48.7 Å². The summed E-state index contributed by atoms with van der Waals surface area (Å²) in [6.07, 6.45) is 1.69. The van der Waals surface area contributed by atoms with Crippen LogP contribution in [-0.4, -0.2) is 48.6 Å². The van der Waals surface area contributed by atoms with Gasteiger partial charge in [0.1, 0.15) is 5.76 Å². The van der Waals surface area contributed by atoms with Gasteiger partial charge in [-0.2, -0.15) is 0 Å². The summed E-state index contributed by atoms with van der Waals surface area (Å²) in [6.45, 7) is 6.68. The quantitative estimate of drug-likeness (QED) is 0.839. The van der Waals surface area contributed by atoms with Crippen LogP contribution in [0.15, 0.2) is 52.0 Å². The molecule has 0 aliphatic carbocycles. The van der Waals surface area contributed by atoms with Gasteiger partial charge in [-0.3, -0.25) is 0 Å². The molecule has 1 N–H and O–H groups in total. The number of urea groups is 1. The maximum Gasteiger partial charge on any atom is 0.321 e. The Balaban J connectivity index is 1.48. The number of amides is 2. The number of likely N-dealkylation sites (N-methyl/N-ethyl adjacent to an activating group) is 1. The number of hydrogen-bond acceptors (Lipinski definition) is 4. The summed E-state index contributed by atoms with van der Waals surface area (Å²) < 4.78 is 5.33. The Hall–Kier alpha value is -1.92. The maximum atomic E-state index is 12.3. The van der Waals surface area contributed by atoms with Crippen LogP contribution in [0.4, 0.5) is 10.5 Å². The number of anilines is 1. The van der Waals surface area contributed by atoms with Crippen LogP contribution in [-0.2, 0) is 5.75 Å². The maximum absolute atomic E-state index is 12.3. The average Bonchev–Trinajstić information content (AvgIpc) is 3.15. The van der Waals surface area contributed by atoms with Crippen LogP contribution in [0.1, 0.15) is 12.7 Å². The summed E-state index contributed by atoms with van der Waals surface area (Å²) >= 11 is 1.71. The van der Waals surface area contributed by atoms with Crippen LogP contribution in [0.2, 0.25) is 0 Å². The van der Waals surface area contributed by atoms with Gasteiger partial charge in [0.05, 0.1) is 12.0 Å². The van der Waals surface area contributed by atoms with Gasteiger partial charge in [0.25, 0.3) is 0 Å². The second kappa shape index (κ2) is 8.26. The minimum Gasteiger partial charge on any atom is -0.468 e. The molecule has 1 aromatic heterocycles. The van der Waals surface area contributed by atoms with E-state index in [4.69, 9.17) is 4.42 Å². The number of carbonyl (C=O) groups excluding carboxylic acids is 1. The molecule has 1 fully saturated rings. The third-order valence-corrected chi connectivity index (χ3v) is 5.21. The molecular formula is C18H23N3O2S. The zero-order chi connectivity index (χ0) is 16.8. The van der Waals surface area contributed by atoms with Crippen molar-refractivity contribution in [2.45, 2.75) is 17.6 Å². The van der Waals surface area contributed by atoms with Crippen molar-refractivity contribution < 1.29 is 9.21 Å². The van der Waals surface area contributed by atoms with E-state index in [0.29, 0.717) is 0 Å². The minimum atomic E-state index is -0.0123. The van der Waals surface area contributed by atoms with E-state index in [1.54, 1.807) is 18.0 Å². The Morgan fingerprint density at radius 1 is 1.17 bits per heavy atom. The molecular weight excluding hydrogens is 322 g/mol. The molecule has 6 heteroatoms. The lowest BCUT2D eigenvalue weighted by atomic mass is 10.3. The smallest absolute Gasteiger partial charge is 0.321 e. The molecule has 0 saturated carbocycles. The predicted molar refractivity (Wildman–Crippen MR) is 97.4 cm³/mol. The van der Waals surface area contributed by atoms with Gasteiger partial charge in [-0.15, -0.1) is 11.8 Å². The SMILES string of the molecule is CCN1CCN(C(=O)Nc2ccc(SCc3ccco3)cc2)CC1. The number of benzene rings is 1. The Morgan fingerprint density at radius 3 is 2.54 bits per heavy atom. The van der Waals surface area contributed by atoms with Crippen LogP contribution < -0.4 is 5.32 Å². The minimum absolute atomic E-state index is 0.0123. The van der Waals surface area contributed by atoms with E-state index in [9.17, 15) is 4.79 Å². The zero-order valence-corrected chi connectivity index (χ0v) is 14.7. The molecule has 0 spiro atoms. The van der Waals surface area contributed by atoms with E-state index in [2.05, 4.69) is 17.1 Å². The number of hydrogen-bond donors (Lipinski definition) is 1. The van der Waals surface area contributed by atoms with Gasteiger partial charge in [0.15, 0.2) is 0 Å². The Labute approximate surface area is 147 Å². The van der Waals surface area contributed by atoms with Gasteiger partial charge in [-0.05, 0) is 42.9 Å². The predicted octanol–water partition coefficient (Wildman–Crippen LogP) is 3.74. The summed E-state index contributed by atoms with van der Waals surface area (Å²) in [6, 6.07) is 11.8. The Morgan fingerprint density at radius 2 is 1.92 bits per heavy atom. The third-order valence-electron chi connectivity index (χ3n) is 4.17. The summed E-state index contributed by atoms with van der Waals surface area (Å²) in [5.74, 6) is 1.77. The van der Waals surface area contributed by atoms with Crippen LogP contribution >= 0.6 is 11.8 Å². The van der Waals surface area contributed by atoms with Crippen LogP contribution in [0.3, 0.4) is 0 Å². The summed E-state index contributed by atoms with van der Waals surface area (Å²) in [7, 11) is 0. The van der Waals surface area contributed by atoms with Crippen molar-refractivity contribution in [2.24, 2.45) is 0 Å². The largest absolute Gasteiger partial charge is 0.468 e. The van der Waals surface area contributed by atoms with Gasteiger partial charge in [-0.1, -0.05) is 6.92 Å². The molecule has 24 heavy (non-hydrogen) atoms. The summed E-state index contributed by atoms with van der Waals surface area (Å²) in [4.78, 5) is 17.7. The van der Waals surface area contributed by atoms with Crippen molar-refractivity contribution in [1.82, 2.24) is 9.80 Å². The second-order valence-electron chi connectivity index (χ2n) is 5.74. The van der Waals surface area contributed by atoms with Crippen molar-refractivity contribution >= 4 is 23.5 Å². The molecule has 0 unspecified atom stereocenters. The first-order valence-electron chi connectivity index (χ1n) is 8.28. The lowest BCUT2D eigenvalue weighted by Gasteiger charge is -2.33. The van der Waals surface area contributed by atoms with Gasteiger partial charge in [-0.25, -0.2) is 4.79 Å². The standard InChI is InChI=1S/C18H23N3O2S/c1-2-20-9-11-21(12-10-20)18(22)19-15-5-7-17(8-6-15)24-14-16-4-3-13-23-16/h3-8,13H,2,9-12,14H2,1H3,(H,19,22). The van der Waals surface area contributed by atoms with E-state index in [0.717, 1.165) is 54.8 Å². The fourth-order valence-electron chi connectivity index (χ4n) is 2.65. The number of rotatable bonds is 5. The van der Waals surface area contributed by atoms with Crippen molar-refractivity contribution in [2.75, 3.05) is 38.0 Å². The number of furan rings is 1. The lowest BCUT2D eigenvalue weighted by molar-refractivity contribution is 0.151. The van der Waals surface area contributed by atoms with Gasteiger partial charge in [0, 0.05) is 36.8 Å². The van der Waals surface area contributed by atoms with Crippen molar-refractivity contribution in [1.29, 1.82) is 0 Å². The first kappa shape index (κ1) is 16.9. The fourth-order valence-corrected chi connectivity index (χ4v) is 3.46. The van der Waals surface area contributed by atoms with E-state index in [-0.39, 0.29) is 6.03 Å². The number of piperazine rings is 1. The number of thioether (sulfide) groups is 1. The zero-order valence-electron chi connectivity index (χ0n) is 13.9. The van der Waals surface area contributed by atoms with E-state index < -0.39 is 0 Å². The molecule has 1 aliphatic heterocycles. The van der Waals surface area contributed by atoms with E-state index in [1.165, 1.54) is 0 Å². The number of carbonyl (C=O) groups is 1. The van der Waals surface area contributed by atoms with Crippen molar-refractivity contribution in [3.05, 3.63) is 48.4 Å². The molecule has 1 aromatic carbocycles. The normalized spacial score (nSPS) is 15.5. The average molecular weight is 345 g/mol. The summed E-state index contributed by atoms with van der Waals surface area (Å²) in [5.41, 5.74) is 0.834. The number of nitrogens with one attached hydrogen (secondary N) is 1. The van der Waals surface area contributed by atoms with Gasteiger partial charge in [0.2, 0.25) is 0 Å². The molecule has 0 bridgehead atoms. The highest BCUT2D eigenvalue weighted by atomic mass is 32.2. The molecule has 2 amide bonds. The molecule has 2 heterocycles. The fraction of sp³-hybridized carbons (Fsp3) is 0.389. The first-order chi connectivity index (χ1) is 11.7. The molecule has 3 rings (SSSR count). The van der Waals surface area contributed by atoms with Gasteiger partial charge < -0.3 is 19.5 Å². The molecule has 1 aliphatic rings. The molecule has 0 radical (unpaired) electrons. The van der Waals surface area contributed by atoms with Crippen molar-refractivity contribution in [3.63, 3.8) is 0 Å². The molecule has 0 atom stereocenters.